The molecule has 3 amide bonds. The first-order chi connectivity index (χ1) is 13.1. The van der Waals surface area contributed by atoms with Crippen LogP contribution in [0.1, 0.15) is 24.4 Å². The van der Waals surface area contributed by atoms with E-state index in [4.69, 9.17) is 9.47 Å². The van der Waals surface area contributed by atoms with Gasteiger partial charge in [-0.25, -0.2) is 0 Å². The molecule has 3 aliphatic heterocycles. The molecule has 27 heavy (non-hydrogen) atoms. The number of amides is 3. The molecule has 3 fully saturated rings. The quantitative estimate of drug-likeness (QED) is 0.698. The predicted molar refractivity (Wildman–Crippen MR) is 92.4 cm³/mol. The number of hydrogen-bond acceptors (Lipinski definition) is 6. The Morgan fingerprint density at radius 3 is 2.70 bits per heavy atom. The normalized spacial score (nSPS) is 27.8. The number of carbonyl (C=O) groups is 3. The molecule has 0 aromatic carbocycles. The van der Waals surface area contributed by atoms with E-state index < -0.39 is 17.7 Å². The average Bonchev–Trinajstić information content (AvgIpc) is 2.71. The highest BCUT2D eigenvalue weighted by atomic mass is 16.5. The van der Waals surface area contributed by atoms with Crippen LogP contribution in [0.3, 0.4) is 0 Å². The molecule has 0 radical (unpaired) electrons. The van der Waals surface area contributed by atoms with Crippen LogP contribution in [0.5, 0.6) is 0 Å². The van der Waals surface area contributed by atoms with Crippen LogP contribution in [0.2, 0.25) is 0 Å². The lowest BCUT2D eigenvalue weighted by molar-refractivity contribution is -0.164. The molecule has 0 unspecified atom stereocenters. The molecule has 4 heterocycles. The second-order valence-electron chi connectivity index (χ2n) is 7.14. The number of carbonyl (C=O) groups excluding carboxylic acids is 3. The van der Waals surface area contributed by atoms with E-state index in [1.165, 1.54) is 0 Å². The van der Waals surface area contributed by atoms with Gasteiger partial charge in [0.15, 0.2) is 6.10 Å². The van der Waals surface area contributed by atoms with Crippen LogP contribution in [0, 0.1) is 0 Å². The summed E-state index contributed by atoms with van der Waals surface area (Å²) >= 11 is 0. The Balaban J connectivity index is 1.44. The Morgan fingerprint density at radius 2 is 2.04 bits per heavy atom. The van der Waals surface area contributed by atoms with Crippen LogP contribution < -0.4 is 10.6 Å². The highest BCUT2D eigenvalue weighted by Gasteiger charge is 2.43. The number of nitrogens with zero attached hydrogens (tertiary/aromatic N) is 2. The molecule has 1 spiro atoms. The fourth-order valence-corrected chi connectivity index (χ4v) is 3.80. The molecule has 0 saturated carbocycles. The minimum Gasteiger partial charge on any atom is -0.363 e. The average molecular weight is 374 g/mol. The molecule has 9 nitrogen and oxygen atoms in total. The first kappa shape index (κ1) is 17.9. The second-order valence-corrected chi connectivity index (χ2v) is 7.14. The molecule has 1 aromatic rings. The molecule has 9 heteroatoms. The first-order valence-corrected chi connectivity index (χ1v) is 9.07. The van der Waals surface area contributed by atoms with Gasteiger partial charge in [-0.1, -0.05) is 6.07 Å². The van der Waals surface area contributed by atoms with Crippen LogP contribution in [0.15, 0.2) is 24.5 Å². The fraction of sp³-hybridized carbons (Fsp3) is 0.556. The van der Waals surface area contributed by atoms with Crippen LogP contribution >= 0.6 is 0 Å². The van der Waals surface area contributed by atoms with Crippen molar-refractivity contribution in [2.24, 2.45) is 0 Å². The van der Waals surface area contributed by atoms with Gasteiger partial charge >= 0.3 is 0 Å². The van der Waals surface area contributed by atoms with Crippen LogP contribution in [0.4, 0.5) is 0 Å². The van der Waals surface area contributed by atoms with E-state index in [9.17, 15) is 14.4 Å². The van der Waals surface area contributed by atoms with Crippen molar-refractivity contribution < 1.29 is 23.9 Å². The second kappa shape index (κ2) is 7.24. The molecule has 2 atom stereocenters. The van der Waals surface area contributed by atoms with Crippen molar-refractivity contribution in [3.63, 3.8) is 0 Å². The van der Waals surface area contributed by atoms with Gasteiger partial charge in [0.05, 0.1) is 11.6 Å². The third kappa shape index (κ3) is 3.65. The molecule has 0 aliphatic carbocycles. The zero-order valence-electron chi connectivity index (χ0n) is 14.8. The number of pyridine rings is 1. The molecule has 1 aromatic heterocycles. The van der Waals surface area contributed by atoms with Gasteiger partial charge in [-0.15, -0.1) is 0 Å². The van der Waals surface area contributed by atoms with Gasteiger partial charge in [0.25, 0.3) is 5.91 Å². The first-order valence-electron chi connectivity index (χ1n) is 9.07. The number of likely N-dealkylation sites (tertiary alicyclic amines) is 1. The summed E-state index contributed by atoms with van der Waals surface area (Å²) in [5.41, 5.74) is 0.338. The van der Waals surface area contributed by atoms with Crippen molar-refractivity contribution in [3.8, 4) is 0 Å². The van der Waals surface area contributed by atoms with Gasteiger partial charge in [0.1, 0.15) is 13.2 Å². The highest BCUT2D eigenvalue weighted by Crippen LogP contribution is 2.30. The van der Waals surface area contributed by atoms with E-state index in [1.807, 2.05) is 6.07 Å². The summed E-state index contributed by atoms with van der Waals surface area (Å²) in [6.45, 7) is 1.43. The SMILES string of the molecule is O=C1COC2(CCN(C(=O)[C@H]3OCC(=O)N[C@@H]3c3cccnc3)CC2)CN1. The minimum atomic E-state index is -0.784. The molecule has 144 valence electrons. The Labute approximate surface area is 156 Å². The fourth-order valence-electron chi connectivity index (χ4n) is 3.80. The van der Waals surface area contributed by atoms with Crippen molar-refractivity contribution in [2.75, 3.05) is 32.8 Å². The Kier molecular flexibility index (Phi) is 4.79. The summed E-state index contributed by atoms with van der Waals surface area (Å²) in [5, 5.41) is 5.68. The summed E-state index contributed by atoms with van der Waals surface area (Å²) < 4.78 is 11.4. The topological polar surface area (TPSA) is 110 Å². The Hall–Kier alpha value is -2.52. The zero-order chi connectivity index (χ0) is 18.9. The lowest BCUT2D eigenvalue weighted by Crippen LogP contribution is -2.60. The van der Waals surface area contributed by atoms with E-state index in [-0.39, 0.29) is 30.9 Å². The molecular formula is C18H22N4O5. The van der Waals surface area contributed by atoms with E-state index in [0.29, 0.717) is 32.5 Å². The third-order valence-electron chi connectivity index (χ3n) is 5.40. The van der Waals surface area contributed by atoms with Gasteiger partial charge in [-0.3, -0.25) is 19.4 Å². The maximum atomic E-state index is 13.1. The number of hydrogen-bond donors (Lipinski definition) is 2. The van der Waals surface area contributed by atoms with Gasteiger partial charge in [0, 0.05) is 32.0 Å². The van der Waals surface area contributed by atoms with Crippen molar-refractivity contribution in [2.45, 2.75) is 30.6 Å². The van der Waals surface area contributed by atoms with Crippen molar-refractivity contribution in [1.82, 2.24) is 20.5 Å². The Bertz CT molecular complexity index is 721. The number of nitrogens with one attached hydrogen (secondary N) is 2. The summed E-state index contributed by atoms with van der Waals surface area (Å²) in [5.74, 6) is -0.514. The summed E-state index contributed by atoms with van der Waals surface area (Å²) in [4.78, 5) is 42.0. The minimum absolute atomic E-state index is 0.0643. The van der Waals surface area contributed by atoms with Crippen molar-refractivity contribution >= 4 is 17.7 Å². The lowest BCUT2D eigenvalue weighted by atomic mass is 9.89. The number of morpholine rings is 2. The summed E-state index contributed by atoms with van der Waals surface area (Å²) in [6, 6.07) is 3.02. The van der Waals surface area contributed by atoms with Gasteiger partial charge in [-0.05, 0) is 24.5 Å². The third-order valence-corrected chi connectivity index (χ3v) is 5.40. The largest absolute Gasteiger partial charge is 0.363 e. The van der Waals surface area contributed by atoms with Crippen LogP contribution in [-0.4, -0.2) is 72.2 Å². The summed E-state index contributed by atoms with van der Waals surface area (Å²) in [6.07, 6.45) is 3.78. The maximum absolute atomic E-state index is 13.1. The van der Waals surface area contributed by atoms with E-state index in [0.717, 1.165) is 5.56 Å². The van der Waals surface area contributed by atoms with Gasteiger partial charge < -0.3 is 25.0 Å². The number of aromatic nitrogens is 1. The molecule has 0 bridgehead atoms. The predicted octanol–water partition coefficient (Wildman–Crippen LogP) is -0.855. The van der Waals surface area contributed by atoms with Crippen molar-refractivity contribution in [3.05, 3.63) is 30.1 Å². The van der Waals surface area contributed by atoms with E-state index in [2.05, 4.69) is 15.6 Å². The van der Waals surface area contributed by atoms with E-state index >= 15 is 0 Å². The highest BCUT2D eigenvalue weighted by molar-refractivity contribution is 5.86. The van der Waals surface area contributed by atoms with Crippen molar-refractivity contribution in [1.29, 1.82) is 0 Å². The Morgan fingerprint density at radius 1 is 1.22 bits per heavy atom. The maximum Gasteiger partial charge on any atom is 0.254 e. The molecule has 3 saturated heterocycles. The standard InChI is InChI=1S/C18H22N4O5/c23-13-10-27-18(11-20-13)3-6-22(7-4-18)17(25)16-15(21-14(24)9-26-16)12-2-1-5-19-8-12/h1-2,5,8,15-16H,3-4,6-7,9-11H2,(H,20,23)(H,21,24)/t15-,16+/m1/s1. The zero-order valence-corrected chi connectivity index (χ0v) is 14.8. The molecular weight excluding hydrogens is 352 g/mol. The molecule has 2 N–H and O–H groups in total. The van der Waals surface area contributed by atoms with E-state index in [1.54, 1.807) is 23.4 Å². The lowest BCUT2D eigenvalue weighted by Gasteiger charge is -2.44. The number of rotatable bonds is 2. The molecule has 4 rings (SSSR count). The molecule has 3 aliphatic rings. The number of ether oxygens (including phenoxy) is 2. The van der Waals surface area contributed by atoms with Gasteiger partial charge in [0.2, 0.25) is 11.8 Å². The summed E-state index contributed by atoms with van der Waals surface area (Å²) in [7, 11) is 0. The number of piperidine rings is 1. The monoisotopic (exact) mass is 374 g/mol. The van der Waals surface area contributed by atoms with Gasteiger partial charge in [-0.2, -0.15) is 0 Å². The van der Waals surface area contributed by atoms with Crippen LogP contribution in [-0.2, 0) is 23.9 Å². The smallest absolute Gasteiger partial charge is 0.254 e. The van der Waals surface area contributed by atoms with Crippen LogP contribution in [0.25, 0.3) is 0 Å².